The molecule has 5 nitrogen and oxygen atoms in total. The largest absolute Gasteiger partial charge is 0.368 e. The van der Waals surface area contributed by atoms with Gasteiger partial charge in [0.05, 0.1) is 12.3 Å². The Kier molecular flexibility index (Phi) is 4.49. The Balaban J connectivity index is 1.94. The molecule has 24 heavy (non-hydrogen) atoms. The van der Waals surface area contributed by atoms with Gasteiger partial charge in [0.25, 0.3) is 0 Å². The van der Waals surface area contributed by atoms with Crippen molar-refractivity contribution in [3.05, 3.63) is 35.1 Å². The van der Waals surface area contributed by atoms with E-state index >= 15 is 0 Å². The number of hydrogen-bond donors (Lipinski definition) is 0. The summed E-state index contributed by atoms with van der Waals surface area (Å²) in [4.78, 5) is 6.42. The summed E-state index contributed by atoms with van der Waals surface area (Å²) in [6, 6.07) is 6.16. The highest BCUT2D eigenvalue weighted by atomic mass is 35.5. The highest BCUT2D eigenvalue weighted by Crippen LogP contribution is 2.36. The lowest BCUT2D eigenvalue weighted by molar-refractivity contribution is 0.313. The van der Waals surface area contributed by atoms with Crippen LogP contribution in [0.1, 0.15) is 25.3 Å². The van der Waals surface area contributed by atoms with Crippen molar-refractivity contribution in [2.45, 2.75) is 25.8 Å². The zero-order valence-corrected chi connectivity index (χ0v) is 15.9. The molecule has 130 valence electrons. The molecule has 0 spiro atoms. The maximum Gasteiger partial charge on any atom is 0.211 e. The zero-order valence-electron chi connectivity index (χ0n) is 14.3. The number of fused-ring (bicyclic) bond motifs is 1. The van der Waals surface area contributed by atoms with E-state index in [1.54, 1.807) is 7.05 Å². The molecule has 1 aromatic carbocycles. The van der Waals surface area contributed by atoms with Gasteiger partial charge in [0.2, 0.25) is 10.0 Å². The van der Waals surface area contributed by atoms with Crippen LogP contribution in [0.5, 0.6) is 0 Å². The maximum atomic E-state index is 11.7. The molecule has 3 rings (SSSR count). The number of nitrogens with zero attached hydrogens (tertiary/aromatic N) is 3. The standard InChI is InChI=1S/C17H22ClN3O2S/c1-11(2)13-5-6-16(15-8-19-17(18)7-14(13)15)21-9-12(10-21)20(3)24(4,22)23/h5-8,11-12H,9-10H2,1-4H3. The van der Waals surface area contributed by atoms with E-state index in [4.69, 9.17) is 11.6 Å². The van der Waals surface area contributed by atoms with Crippen LogP contribution in [0.3, 0.4) is 0 Å². The van der Waals surface area contributed by atoms with Gasteiger partial charge in [0.1, 0.15) is 5.15 Å². The van der Waals surface area contributed by atoms with E-state index in [0.717, 1.165) is 16.5 Å². The summed E-state index contributed by atoms with van der Waals surface area (Å²) in [5.74, 6) is 0.389. The summed E-state index contributed by atoms with van der Waals surface area (Å²) in [6.07, 6.45) is 3.06. The molecule has 0 atom stereocenters. The molecule has 1 saturated heterocycles. The van der Waals surface area contributed by atoms with Crippen LogP contribution < -0.4 is 4.90 Å². The second kappa shape index (κ2) is 6.17. The first-order chi connectivity index (χ1) is 11.2. The Morgan fingerprint density at radius 2 is 1.96 bits per heavy atom. The van der Waals surface area contributed by atoms with Crippen molar-refractivity contribution in [2.75, 3.05) is 31.3 Å². The summed E-state index contributed by atoms with van der Waals surface area (Å²) in [5.41, 5.74) is 2.32. The molecule has 2 aromatic rings. The Morgan fingerprint density at radius 3 is 2.54 bits per heavy atom. The van der Waals surface area contributed by atoms with Crippen molar-refractivity contribution in [3.63, 3.8) is 0 Å². The summed E-state index contributed by atoms with van der Waals surface area (Å²) >= 11 is 6.09. The minimum absolute atomic E-state index is 0.0140. The van der Waals surface area contributed by atoms with Gasteiger partial charge in [-0.3, -0.25) is 0 Å². The lowest BCUT2D eigenvalue weighted by atomic mass is 9.95. The molecular weight excluding hydrogens is 346 g/mol. The molecule has 0 saturated carbocycles. The molecule has 7 heteroatoms. The van der Waals surface area contributed by atoms with Crippen molar-refractivity contribution in [3.8, 4) is 0 Å². The SMILES string of the molecule is CC(C)c1ccc(N2CC(N(C)S(C)(=O)=O)C2)c2cnc(Cl)cc12. The van der Waals surface area contributed by atoms with Gasteiger partial charge in [-0.1, -0.05) is 31.5 Å². The van der Waals surface area contributed by atoms with Crippen molar-refractivity contribution >= 4 is 38.1 Å². The van der Waals surface area contributed by atoms with Crippen molar-refractivity contribution in [1.29, 1.82) is 0 Å². The third-order valence-corrected chi connectivity index (χ3v) is 6.29. The Bertz CT molecular complexity index is 877. The van der Waals surface area contributed by atoms with Crippen LogP contribution in [-0.4, -0.2) is 50.1 Å². The van der Waals surface area contributed by atoms with E-state index in [1.807, 2.05) is 12.3 Å². The van der Waals surface area contributed by atoms with Gasteiger partial charge in [-0.25, -0.2) is 13.4 Å². The highest BCUT2D eigenvalue weighted by Gasteiger charge is 2.34. The summed E-state index contributed by atoms with van der Waals surface area (Å²) in [5, 5.41) is 2.66. The van der Waals surface area contributed by atoms with Crippen LogP contribution in [0.4, 0.5) is 5.69 Å². The molecule has 0 aliphatic carbocycles. The van der Waals surface area contributed by atoms with Crippen LogP contribution >= 0.6 is 11.6 Å². The fraction of sp³-hybridized carbons (Fsp3) is 0.471. The molecule has 1 aliphatic rings. The minimum Gasteiger partial charge on any atom is -0.368 e. The molecule has 1 aromatic heterocycles. The van der Waals surface area contributed by atoms with E-state index in [0.29, 0.717) is 24.2 Å². The molecule has 0 amide bonds. The summed E-state index contributed by atoms with van der Waals surface area (Å²) < 4.78 is 24.8. The Morgan fingerprint density at radius 1 is 1.29 bits per heavy atom. The van der Waals surface area contributed by atoms with E-state index in [2.05, 4.69) is 35.9 Å². The predicted molar refractivity (Wildman–Crippen MR) is 99.4 cm³/mol. The second-order valence-electron chi connectivity index (χ2n) is 6.72. The molecular formula is C17H22ClN3O2S. The fourth-order valence-corrected chi connectivity index (χ4v) is 3.99. The Labute approximate surface area is 148 Å². The highest BCUT2D eigenvalue weighted by molar-refractivity contribution is 7.88. The smallest absolute Gasteiger partial charge is 0.211 e. The number of aromatic nitrogens is 1. The number of sulfonamides is 1. The second-order valence-corrected chi connectivity index (χ2v) is 9.15. The zero-order chi connectivity index (χ0) is 17.6. The number of pyridine rings is 1. The summed E-state index contributed by atoms with van der Waals surface area (Å²) in [6.45, 7) is 5.68. The van der Waals surface area contributed by atoms with Gasteiger partial charge >= 0.3 is 0 Å². The maximum absolute atomic E-state index is 11.7. The molecule has 1 aliphatic heterocycles. The lowest BCUT2D eigenvalue weighted by Gasteiger charge is -2.44. The first-order valence-electron chi connectivity index (χ1n) is 7.94. The molecule has 1 fully saturated rings. The average molecular weight is 368 g/mol. The van der Waals surface area contributed by atoms with Crippen molar-refractivity contribution in [2.24, 2.45) is 0 Å². The number of hydrogen-bond acceptors (Lipinski definition) is 4. The Hall–Kier alpha value is -1.37. The summed E-state index contributed by atoms with van der Waals surface area (Å²) in [7, 11) is -1.52. The molecule has 0 bridgehead atoms. The first kappa shape index (κ1) is 17.5. The van der Waals surface area contributed by atoms with E-state index in [9.17, 15) is 8.42 Å². The number of benzene rings is 1. The topological polar surface area (TPSA) is 53.5 Å². The van der Waals surface area contributed by atoms with Crippen LogP contribution in [0.15, 0.2) is 24.4 Å². The quantitative estimate of drug-likeness (QED) is 0.779. The van der Waals surface area contributed by atoms with Crippen LogP contribution in [0, 0.1) is 0 Å². The minimum atomic E-state index is -3.16. The van der Waals surface area contributed by atoms with Crippen LogP contribution in [-0.2, 0) is 10.0 Å². The van der Waals surface area contributed by atoms with Gasteiger partial charge in [-0.15, -0.1) is 0 Å². The third-order valence-electron chi connectivity index (χ3n) is 4.74. The molecule has 0 N–H and O–H groups in total. The monoisotopic (exact) mass is 367 g/mol. The first-order valence-corrected chi connectivity index (χ1v) is 10.2. The van der Waals surface area contributed by atoms with Crippen LogP contribution in [0.2, 0.25) is 5.15 Å². The molecule has 0 radical (unpaired) electrons. The van der Waals surface area contributed by atoms with E-state index in [-0.39, 0.29) is 6.04 Å². The number of halogens is 1. The van der Waals surface area contributed by atoms with E-state index < -0.39 is 10.0 Å². The van der Waals surface area contributed by atoms with Gasteiger partial charge in [0, 0.05) is 37.4 Å². The van der Waals surface area contributed by atoms with Gasteiger partial charge in [0.15, 0.2) is 0 Å². The normalized spacial score (nSPS) is 16.2. The molecule has 0 unspecified atom stereocenters. The average Bonchev–Trinajstić information content (AvgIpc) is 2.43. The third kappa shape index (κ3) is 3.10. The van der Waals surface area contributed by atoms with Gasteiger partial charge in [-0.05, 0) is 29.0 Å². The number of anilines is 1. The number of likely N-dealkylation sites (N-methyl/N-ethyl adjacent to an activating group) is 1. The lowest BCUT2D eigenvalue weighted by Crippen LogP contribution is -2.59. The van der Waals surface area contributed by atoms with Crippen molar-refractivity contribution in [1.82, 2.24) is 9.29 Å². The van der Waals surface area contributed by atoms with Gasteiger partial charge in [-0.2, -0.15) is 4.31 Å². The van der Waals surface area contributed by atoms with Gasteiger partial charge < -0.3 is 4.90 Å². The fourth-order valence-electron chi connectivity index (χ4n) is 3.15. The van der Waals surface area contributed by atoms with Crippen LogP contribution in [0.25, 0.3) is 10.8 Å². The number of rotatable bonds is 4. The van der Waals surface area contributed by atoms with E-state index in [1.165, 1.54) is 16.1 Å². The predicted octanol–water partition coefficient (Wildman–Crippen LogP) is 3.09. The van der Waals surface area contributed by atoms with Crippen molar-refractivity contribution < 1.29 is 8.42 Å². The molecule has 2 heterocycles.